The average molecular weight is 317 g/mol. The first-order valence-electron chi connectivity index (χ1n) is 8.17. The second-order valence-electron chi connectivity index (χ2n) is 5.94. The summed E-state index contributed by atoms with van der Waals surface area (Å²) in [5.41, 5.74) is 1.23. The quantitative estimate of drug-likeness (QED) is 0.782. The Morgan fingerprint density at radius 1 is 1.09 bits per heavy atom. The predicted molar refractivity (Wildman–Crippen MR) is 85.8 cm³/mol. The summed E-state index contributed by atoms with van der Waals surface area (Å²) in [5.74, 6) is 0.185. The maximum Gasteiger partial charge on any atom is 0.409 e. The Hall–Kier alpha value is -2.08. The molecule has 23 heavy (non-hydrogen) atoms. The van der Waals surface area contributed by atoms with E-state index in [0.29, 0.717) is 32.8 Å². The van der Waals surface area contributed by atoms with E-state index in [4.69, 9.17) is 4.74 Å². The van der Waals surface area contributed by atoms with Gasteiger partial charge >= 0.3 is 6.09 Å². The van der Waals surface area contributed by atoms with E-state index in [1.54, 1.807) is 11.8 Å². The molecule has 124 valence electrons. The molecule has 0 bridgehead atoms. The molecular formula is C17H23N3O3. The Bertz CT molecular complexity index is 555. The van der Waals surface area contributed by atoms with E-state index in [9.17, 15) is 9.59 Å². The Morgan fingerprint density at radius 2 is 1.74 bits per heavy atom. The van der Waals surface area contributed by atoms with Gasteiger partial charge in [0.1, 0.15) is 6.04 Å². The largest absolute Gasteiger partial charge is 0.450 e. The Balaban J connectivity index is 1.45. The van der Waals surface area contributed by atoms with E-state index >= 15 is 0 Å². The molecule has 2 aliphatic heterocycles. The van der Waals surface area contributed by atoms with Crippen LogP contribution in [0.25, 0.3) is 0 Å². The van der Waals surface area contributed by atoms with Gasteiger partial charge in [-0.05, 0) is 12.5 Å². The van der Waals surface area contributed by atoms with Gasteiger partial charge in [-0.15, -0.1) is 0 Å². The first-order valence-corrected chi connectivity index (χ1v) is 8.17. The molecule has 6 nitrogen and oxygen atoms in total. The third kappa shape index (κ3) is 3.82. The third-order valence-electron chi connectivity index (χ3n) is 4.35. The number of benzene rings is 1. The molecule has 3 rings (SSSR count). The van der Waals surface area contributed by atoms with E-state index in [2.05, 4.69) is 17.0 Å². The van der Waals surface area contributed by atoms with Gasteiger partial charge in [-0.1, -0.05) is 30.3 Å². The second-order valence-corrected chi connectivity index (χ2v) is 5.94. The molecular weight excluding hydrogens is 294 g/mol. The zero-order valence-corrected chi connectivity index (χ0v) is 13.5. The van der Waals surface area contributed by atoms with Crippen molar-refractivity contribution in [3.05, 3.63) is 35.9 Å². The summed E-state index contributed by atoms with van der Waals surface area (Å²) in [5, 5.41) is 0. The molecule has 0 aliphatic carbocycles. The summed E-state index contributed by atoms with van der Waals surface area (Å²) in [4.78, 5) is 29.9. The number of piperazine rings is 1. The maximum absolute atomic E-state index is 12.5. The molecule has 2 fully saturated rings. The zero-order chi connectivity index (χ0) is 16.2. The summed E-state index contributed by atoms with van der Waals surface area (Å²) >= 11 is 0. The van der Waals surface area contributed by atoms with Crippen LogP contribution in [0.15, 0.2) is 30.3 Å². The van der Waals surface area contributed by atoms with Gasteiger partial charge in [0.05, 0.1) is 6.61 Å². The first-order chi connectivity index (χ1) is 11.2. The average Bonchev–Trinajstić information content (AvgIpc) is 3.34. The van der Waals surface area contributed by atoms with Crippen LogP contribution in [0.2, 0.25) is 0 Å². The minimum absolute atomic E-state index is 0.00403. The fourth-order valence-corrected chi connectivity index (χ4v) is 2.94. The van der Waals surface area contributed by atoms with Crippen LogP contribution in [0, 0.1) is 0 Å². The SMILES string of the molecule is CCOC(=O)N1CCN(C(=O)C2CN2Cc2ccccc2)CC1. The monoisotopic (exact) mass is 317 g/mol. The maximum atomic E-state index is 12.5. The number of carbonyl (C=O) groups excluding carboxylic acids is 2. The summed E-state index contributed by atoms with van der Waals surface area (Å²) in [7, 11) is 0. The Kier molecular flexibility index (Phi) is 4.81. The van der Waals surface area contributed by atoms with Gasteiger partial charge < -0.3 is 14.5 Å². The topological polar surface area (TPSA) is 52.9 Å². The minimum Gasteiger partial charge on any atom is -0.450 e. The normalized spacial score (nSPS) is 23.5. The molecule has 0 N–H and O–H groups in total. The number of nitrogens with zero attached hydrogens (tertiary/aromatic N) is 3. The molecule has 1 aromatic rings. The summed E-state index contributed by atoms with van der Waals surface area (Å²) in [6, 6.07) is 10.2. The van der Waals surface area contributed by atoms with Gasteiger partial charge in [-0.2, -0.15) is 0 Å². The standard InChI is InChI=1S/C17H23N3O3/c1-2-23-17(22)19-10-8-18(9-11-19)16(21)15-13-20(15)12-14-6-4-3-5-7-14/h3-7,15H,2,8-13H2,1H3. The van der Waals surface area contributed by atoms with Crippen molar-refractivity contribution in [3.63, 3.8) is 0 Å². The molecule has 2 amide bonds. The molecule has 2 aliphatic rings. The molecule has 0 radical (unpaired) electrons. The molecule has 1 aromatic carbocycles. The van der Waals surface area contributed by atoms with Crippen LogP contribution in [0.3, 0.4) is 0 Å². The van der Waals surface area contributed by atoms with Crippen LogP contribution in [-0.2, 0) is 16.1 Å². The van der Waals surface area contributed by atoms with Gasteiger partial charge in [0.2, 0.25) is 5.91 Å². The number of carbonyl (C=O) groups is 2. The van der Waals surface area contributed by atoms with Gasteiger partial charge in [0.15, 0.2) is 0 Å². The lowest BCUT2D eigenvalue weighted by molar-refractivity contribution is -0.133. The van der Waals surface area contributed by atoms with Crippen LogP contribution >= 0.6 is 0 Å². The number of rotatable bonds is 4. The van der Waals surface area contributed by atoms with Crippen molar-refractivity contribution in [1.29, 1.82) is 0 Å². The molecule has 2 heterocycles. The number of amides is 2. The highest BCUT2D eigenvalue weighted by Gasteiger charge is 2.43. The highest BCUT2D eigenvalue weighted by Crippen LogP contribution is 2.23. The van der Waals surface area contributed by atoms with Crippen LogP contribution in [0.5, 0.6) is 0 Å². The molecule has 6 heteroatoms. The van der Waals surface area contributed by atoms with E-state index in [0.717, 1.165) is 13.1 Å². The zero-order valence-electron chi connectivity index (χ0n) is 13.5. The van der Waals surface area contributed by atoms with E-state index in [1.165, 1.54) is 5.56 Å². The molecule has 0 aromatic heterocycles. The van der Waals surface area contributed by atoms with Crippen molar-refractivity contribution in [3.8, 4) is 0 Å². The molecule has 0 saturated carbocycles. The predicted octanol–water partition coefficient (Wildman–Crippen LogP) is 1.17. The Labute approximate surface area is 136 Å². The van der Waals surface area contributed by atoms with E-state index < -0.39 is 0 Å². The number of hydrogen-bond acceptors (Lipinski definition) is 4. The van der Waals surface area contributed by atoms with Crippen molar-refractivity contribution in [1.82, 2.24) is 14.7 Å². The van der Waals surface area contributed by atoms with Crippen molar-refractivity contribution in [2.24, 2.45) is 0 Å². The van der Waals surface area contributed by atoms with Crippen LogP contribution in [-0.4, -0.2) is 72.1 Å². The summed E-state index contributed by atoms with van der Waals surface area (Å²) < 4.78 is 5.00. The second kappa shape index (κ2) is 7.00. The van der Waals surface area contributed by atoms with Crippen molar-refractivity contribution >= 4 is 12.0 Å². The highest BCUT2D eigenvalue weighted by atomic mass is 16.6. The van der Waals surface area contributed by atoms with Gasteiger partial charge in [-0.3, -0.25) is 9.69 Å². The van der Waals surface area contributed by atoms with E-state index in [1.807, 2.05) is 23.1 Å². The van der Waals surface area contributed by atoms with Crippen LogP contribution in [0.4, 0.5) is 4.79 Å². The lowest BCUT2D eigenvalue weighted by atomic mass is 10.2. The van der Waals surface area contributed by atoms with Crippen molar-refractivity contribution in [2.45, 2.75) is 19.5 Å². The summed E-state index contributed by atoms with van der Waals surface area (Å²) in [6.45, 7) is 6.11. The summed E-state index contributed by atoms with van der Waals surface area (Å²) in [6.07, 6.45) is -0.281. The number of hydrogen-bond donors (Lipinski definition) is 0. The van der Waals surface area contributed by atoms with Crippen LogP contribution < -0.4 is 0 Å². The third-order valence-corrected chi connectivity index (χ3v) is 4.35. The van der Waals surface area contributed by atoms with Crippen molar-refractivity contribution < 1.29 is 14.3 Å². The minimum atomic E-state index is -0.281. The molecule has 2 unspecified atom stereocenters. The van der Waals surface area contributed by atoms with Gasteiger partial charge in [-0.25, -0.2) is 4.79 Å². The van der Waals surface area contributed by atoms with Gasteiger partial charge in [0.25, 0.3) is 0 Å². The molecule has 2 atom stereocenters. The highest BCUT2D eigenvalue weighted by molar-refractivity contribution is 5.85. The van der Waals surface area contributed by atoms with Gasteiger partial charge in [0, 0.05) is 39.3 Å². The lowest BCUT2D eigenvalue weighted by Gasteiger charge is -2.34. The fraction of sp³-hybridized carbons (Fsp3) is 0.529. The Morgan fingerprint density at radius 3 is 2.39 bits per heavy atom. The van der Waals surface area contributed by atoms with E-state index in [-0.39, 0.29) is 18.0 Å². The van der Waals surface area contributed by atoms with Crippen LogP contribution in [0.1, 0.15) is 12.5 Å². The smallest absolute Gasteiger partial charge is 0.409 e. The molecule has 0 spiro atoms. The molecule has 2 saturated heterocycles. The lowest BCUT2D eigenvalue weighted by Crippen LogP contribution is -2.52. The number of ether oxygens (including phenoxy) is 1. The van der Waals surface area contributed by atoms with Crippen molar-refractivity contribution in [2.75, 3.05) is 39.3 Å². The first kappa shape index (κ1) is 15.8. The fourth-order valence-electron chi connectivity index (χ4n) is 2.94.